The number of carbonyl (C=O) groups excluding carboxylic acids is 1. The van der Waals surface area contributed by atoms with E-state index in [1.807, 2.05) is 0 Å². The molecule has 1 aromatic rings. The van der Waals surface area contributed by atoms with Crippen molar-refractivity contribution in [3.8, 4) is 0 Å². The van der Waals surface area contributed by atoms with Gasteiger partial charge in [-0.2, -0.15) is 0 Å². The topological polar surface area (TPSA) is 79.0 Å². The SMILES string of the molecule is Cl.N=C(N)SCC(=O)Nc1ccc(Cl)cc1. The van der Waals surface area contributed by atoms with Crippen LogP contribution in [0.25, 0.3) is 0 Å². The summed E-state index contributed by atoms with van der Waals surface area (Å²) in [5.41, 5.74) is 5.78. The van der Waals surface area contributed by atoms with Crippen LogP contribution in [0.2, 0.25) is 5.02 Å². The van der Waals surface area contributed by atoms with E-state index in [4.69, 9.17) is 22.7 Å². The summed E-state index contributed by atoms with van der Waals surface area (Å²) in [5.74, 6) is -0.0599. The molecule has 0 aliphatic rings. The lowest BCUT2D eigenvalue weighted by Gasteiger charge is -2.04. The van der Waals surface area contributed by atoms with Gasteiger partial charge in [-0.05, 0) is 24.3 Å². The van der Waals surface area contributed by atoms with Gasteiger partial charge in [-0.25, -0.2) is 0 Å². The second-order valence-corrected chi connectivity index (χ2v) is 4.16. The molecule has 7 heteroatoms. The molecular formula is C9H11Cl2N3OS. The van der Waals surface area contributed by atoms with E-state index in [2.05, 4.69) is 5.32 Å². The number of hydrogen-bond donors (Lipinski definition) is 3. The molecule has 16 heavy (non-hydrogen) atoms. The number of anilines is 1. The predicted octanol–water partition coefficient (Wildman–Crippen LogP) is 2.33. The first-order chi connectivity index (χ1) is 7.08. The van der Waals surface area contributed by atoms with Crippen molar-refractivity contribution in [1.82, 2.24) is 0 Å². The molecule has 0 aliphatic heterocycles. The molecule has 0 aromatic heterocycles. The molecule has 0 bridgehead atoms. The minimum absolute atomic E-state index is 0. The third kappa shape index (κ3) is 5.85. The lowest BCUT2D eigenvalue weighted by molar-refractivity contribution is -0.113. The van der Waals surface area contributed by atoms with Crippen molar-refractivity contribution in [3.05, 3.63) is 29.3 Å². The van der Waals surface area contributed by atoms with Gasteiger partial charge in [-0.3, -0.25) is 10.2 Å². The molecule has 88 valence electrons. The Kier molecular flexibility index (Phi) is 6.96. The highest BCUT2D eigenvalue weighted by atomic mass is 35.5. The molecule has 1 amide bonds. The lowest BCUT2D eigenvalue weighted by atomic mass is 10.3. The molecule has 0 fully saturated rings. The Hall–Kier alpha value is -0.910. The van der Waals surface area contributed by atoms with E-state index in [0.717, 1.165) is 11.8 Å². The Morgan fingerprint density at radius 3 is 2.50 bits per heavy atom. The Morgan fingerprint density at radius 2 is 2.00 bits per heavy atom. The zero-order chi connectivity index (χ0) is 11.3. The summed E-state index contributed by atoms with van der Waals surface area (Å²) in [4.78, 5) is 11.3. The number of nitrogens with two attached hydrogens (primary N) is 1. The monoisotopic (exact) mass is 279 g/mol. The van der Waals surface area contributed by atoms with E-state index in [1.54, 1.807) is 24.3 Å². The number of thioether (sulfide) groups is 1. The molecule has 4 nitrogen and oxygen atoms in total. The van der Waals surface area contributed by atoms with Crippen LogP contribution >= 0.6 is 35.8 Å². The summed E-state index contributed by atoms with van der Waals surface area (Å²) in [6.07, 6.45) is 0. The van der Waals surface area contributed by atoms with Gasteiger partial charge in [0.05, 0.1) is 5.75 Å². The van der Waals surface area contributed by atoms with Crippen LogP contribution in [0.4, 0.5) is 5.69 Å². The van der Waals surface area contributed by atoms with Crippen molar-refractivity contribution in [2.75, 3.05) is 11.1 Å². The first-order valence-corrected chi connectivity index (χ1v) is 5.46. The molecule has 0 aliphatic carbocycles. The number of hydrogen-bond acceptors (Lipinski definition) is 3. The number of rotatable bonds is 3. The third-order valence-electron chi connectivity index (χ3n) is 1.49. The summed E-state index contributed by atoms with van der Waals surface area (Å²) in [6, 6.07) is 6.79. The van der Waals surface area contributed by atoms with Gasteiger partial charge in [0.25, 0.3) is 0 Å². The van der Waals surface area contributed by atoms with Crippen molar-refractivity contribution in [3.63, 3.8) is 0 Å². The van der Waals surface area contributed by atoms with E-state index < -0.39 is 0 Å². The van der Waals surface area contributed by atoms with Crippen molar-refractivity contribution >= 4 is 52.5 Å². The average Bonchev–Trinajstić information content (AvgIpc) is 2.19. The molecule has 1 rings (SSSR count). The van der Waals surface area contributed by atoms with Gasteiger partial charge in [-0.1, -0.05) is 23.4 Å². The van der Waals surface area contributed by atoms with Crippen LogP contribution in [0.1, 0.15) is 0 Å². The van der Waals surface area contributed by atoms with Crippen LogP contribution in [0.5, 0.6) is 0 Å². The molecule has 0 heterocycles. The average molecular weight is 280 g/mol. The highest BCUT2D eigenvalue weighted by Crippen LogP contribution is 2.13. The van der Waals surface area contributed by atoms with Crippen LogP contribution in [0.3, 0.4) is 0 Å². The normalized spacial score (nSPS) is 9.06. The van der Waals surface area contributed by atoms with Crippen LogP contribution in [-0.4, -0.2) is 16.8 Å². The Bertz CT molecular complexity index is 370. The maximum atomic E-state index is 11.3. The fourth-order valence-electron chi connectivity index (χ4n) is 0.874. The van der Waals surface area contributed by atoms with Crippen molar-refractivity contribution in [2.45, 2.75) is 0 Å². The van der Waals surface area contributed by atoms with Gasteiger partial charge in [0.15, 0.2) is 5.17 Å². The van der Waals surface area contributed by atoms with Gasteiger partial charge >= 0.3 is 0 Å². The molecule has 4 N–H and O–H groups in total. The van der Waals surface area contributed by atoms with Crippen molar-refractivity contribution in [2.24, 2.45) is 5.73 Å². The van der Waals surface area contributed by atoms with Crippen LogP contribution in [0, 0.1) is 5.41 Å². The summed E-state index contributed by atoms with van der Waals surface area (Å²) < 4.78 is 0. The maximum absolute atomic E-state index is 11.3. The minimum atomic E-state index is -0.197. The summed E-state index contributed by atoms with van der Waals surface area (Å²) in [5, 5.41) is 10.1. The van der Waals surface area contributed by atoms with E-state index in [-0.39, 0.29) is 29.2 Å². The molecule has 0 saturated heterocycles. The van der Waals surface area contributed by atoms with Gasteiger partial charge in [0.1, 0.15) is 0 Å². The summed E-state index contributed by atoms with van der Waals surface area (Å²) in [6.45, 7) is 0. The molecule has 0 radical (unpaired) electrons. The number of nitrogens with one attached hydrogen (secondary N) is 2. The Balaban J connectivity index is 0.00000225. The number of carbonyl (C=O) groups is 1. The van der Waals surface area contributed by atoms with E-state index >= 15 is 0 Å². The molecule has 0 unspecified atom stereocenters. The number of benzene rings is 1. The Labute approximate surface area is 109 Å². The van der Waals surface area contributed by atoms with Crippen LogP contribution in [0.15, 0.2) is 24.3 Å². The standard InChI is InChI=1S/C9H10ClN3OS.ClH/c10-6-1-3-7(4-2-6)13-8(14)5-15-9(11)12;/h1-4H,5H2,(H3,11,12)(H,13,14);1H. The molecule has 0 atom stereocenters. The number of amidine groups is 1. The van der Waals surface area contributed by atoms with Gasteiger partial charge in [0, 0.05) is 10.7 Å². The van der Waals surface area contributed by atoms with E-state index in [1.165, 1.54) is 0 Å². The van der Waals surface area contributed by atoms with E-state index in [0.29, 0.717) is 10.7 Å². The van der Waals surface area contributed by atoms with Crippen LogP contribution < -0.4 is 11.1 Å². The smallest absolute Gasteiger partial charge is 0.234 e. The second-order valence-electron chi connectivity index (χ2n) is 2.71. The summed E-state index contributed by atoms with van der Waals surface area (Å²) >= 11 is 6.67. The van der Waals surface area contributed by atoms with Gasteiger partial charge in [0.2, 0.25) is 5.91 Å². The maximum Gasteiger partial charge on any atom is 0.234 e. The predicted molar refractivity (Wildman–Crippen MR) is 71.7 cm³/mol. The number of amides is 1. The van der Waals surface area contributed by atoms with Gasteiger partial charge in [-0.15, -0.1) is 12.4 Å². The van der Waals surface area contributed by atoms with E-state index in [9.17, 15) is 4.79 Å². The van der Waals surface area contributed by atoms with Crippen molar-refractivity contribution in [1.29, 1.82) is 5.41 Å². The summed E-state index contributed by atoms with van der Waals surface area (Å²) in [7, 11) is 0. The highest BCUT2D eigenvalue weighted by molar-refractivity contribution is 8.14. The zero-order valence-corrected chi connectivity index (χ0v) is 10.6. The largest absolute Gasteiger partial charge is 0.379 e. The first kappa shape index (κ1) is 15.1. The van der Waals surface area contributed by atoms with Gasteiger partial charge < -0.3 is 11.1 Å². The third-order valence-corrected chi connectivity index (χ3v) is 2.46. The first-order valence-electron chi connectivity index (χ1n) is 4.10. The zero-order valence-electron chi connectivity index (χ0n) is 8.20. The fraction of sp³-hybridized carbons (Fsp3) is 0.111. The molecule has 1 aromatic carbocycles. The lowest BCUT2D eigenvalue weighted by Crippen LogP contribution is -2.17. The molecular weight excluding hydrogens is 269 g/mol. The molecule has 0 saturated carbocycles. The quantitative estimate of drug-likeness (QED) is 0.587. The van der Waals surface area contributed by atoms with Crippen LogP contribution in [-0.2, 0) is 4.79 Å². The number of halogens is 2. The fourth-order valence-corrected chi connectivity index (χ4v) is 1.36. The molecule has 0 spiro atoms. The minimum Gasteiger partial charge on any atom is -0.379 e. The second kappa shape index (κ2) is 7.38. The Morgan fingerprint density at radius 1 is 1.44 bits per heavy atom. The highest BCUT2D eigenvalue weighted by Gasteiger charge is 2.03. The van der Waals surface area contributed by atoms with Crippen molar-refractivity contribution < 1.29 is 4.79 Å².